The number of furan rings is 1. The van der Waals surface area contributed by atoms with Crippen molar-refractivity contribution < 1.29 is 4.42 Å². The van der Waals surface area contributed by atoms with Crippen LogP contribution in [0.3, 0.4) is 0 Å². The fourth-order valence-corrected chi connectivity index (χ4v) is 6.50. The summed E-state index contributed by atoms with van der Waals surface area (Å²) in [7, 11) is 0. The van der Waals surface area contributed by atoms with Crippen LogP contribution >= 0.6 is 0 Å². The van der Waals surface area contributed by atoms with E-state index in [0.717, 1.165) is 50.0 Å². The molecule has 7 aromatic carbocycles. The molecule has 2 heterocycles. The van der Waals surface area contributed by atoms with Crippen molar-refractivity contribution in [3.63, 3.8) is 0 Å². The zero-order valence-electron chi connectivity index (χ0n) is 24.3. The fourth-order valence-electron chi connectivity index (χ4n) is 6.50. The molecular formula is C41H27N3O. The molecule has 0 radical (unpaired) electrons. The lowest BCUT2D eigenvalue weighted by Gasteiger charge is -2.23. The van der Waals surface area contributed by atoms with Crippen molar-refractivity contribution in [3.05, 3.63) is 168 Å². The Labute approximate surface area is 260 Å². The molecule has 1 N–H and O–H groups in total. The lowest BCUT2D eigenvalue weighted by atomic mass is 9.92. The van der Waals surface area contributed by atoms with Gasteiger partial charge in [-0.25, -0.2) is 9.98 Å². The fraction of sp³-hybridized carbons (Fsp3) is 0.0244. The average molecular weight is 578 g/mol. The van der Waals surface area contributed by atoms with E-state index in [1.54, 1.807) is 0 Å². The minimum absolute atomic E-state index is 0.251. The molecule has 1 aromatic heterocycles. The molecule has 45 heavy (non-hydrogen) atoms. The van der Waals surface area contributed by atoms with Crippen molar-refractivity contribution in [1.82, 2.24) is 5.32 Å². The normalized spacial score (nSPS) is 14.9. The summed E-state index contributed by atoms with van der Waals surface area (Å²) < 4.78 is 6.34. The van der Waals surface area contributed by atoms with Crippen molar-refractivity contribution >= 4 is 55.2 Å². The van der Waals surface area contributed by atoms with Gasteiger partial charge >= 0.3 is 0 Å². The van der Waals surface area contributed by atoms with Crippen molar-refractivity contribution in [2.24, 2.45) is 9.98 Å². The average Bonchev–Trinajstić information content (AvgIpc) is 3.49. The summed E-state index contributed by atoms with van der Waals surface area (Å²) in [6.07, 6.45) is -0.251. The number of nitrogens with one attached hydrogen (secondary N) is 1. The van der Waals surface area contributed by atoms with Gasteiger partial charge in [-0.1, -0.05) is 115 Å². The molecule has 1 atom stereocenters. The Morgan fingerprint density at radius 1 is 0.489 bits per heavy atom. The van der Waals surface area contributed by atoms with Gasteiger partial charge in [0.15, 0.2) is 5.84 Å². The highest BCUT2D eigenvalue weighted by Crippen LogP contribution is 2.38. The maximum absolute atomic E-state index is 6.34. The van der Waals surface area contributed by atoms with Crippen LogP contribution in [0.5, 0.6) is 0 Å². The maximum Gasteiger partial charge on any atom is 0.159 e. The van der Waals surface area contributed by atoms with Crippen LogP contribution in [0.1, 0.15) is 22.9 Å². The number of aliphatic imine (C=N–C) groups is 2. The monoisotopic (exact) mass is 577 g/mol. The minimum Gasteiger partial charge on any atom is -0.456 e. The number of hydrogen-bond donors (Lipinski definition) is 1. The second-order valence-corrected chi connectivity index (χ2v) is 11.5. The predicted octanol–water partition coefficient (Wildman–Crippen LogP) is 10.1. The Kier molecular flexibility index (Phi) is 5.85. The molecule has 0 fully saturated rings. The first kappa shape index (κ1) is 25.5. The van der Waals surface area contributed by atoms with Gasteiger partial charge < -0.3 is 9.73 Å². The van der Waals surface area contributed by atoms with Crippen LogP contribution in [-0.4, -0.2) is 11.7 Å². The second kappa shape index (κ2) is 10.3. The molecule has 0 amide bonds. The van der Waals surface area contributed by atoms with Gasteiger partial charge in [-0.2, -0.15) is 0 Å². The van der Waals surface area contributed by atoms with Crippen molar-refractivity contribution in [2.45, 2.75) is 6.17 Å². The van der Waals surface area contributed by atoms with Crippen molar-refractivity contribution in [1.29, 1.82) is 0 Å². The van der Waals surface area contributed by atoms with Crippen LogP contribution in [0.25, 0.3) is 54.6 Å². The van der Waals surface area contributed by atoms with Crippen LogP contribution in [0, 0.1) is 0 Å². The molecule has 1 aliphatic rings. The topological polar surface area (TPSA) is 49.9 Å². The third-order valence-electron chi connectivity index (χ3n) is 8.71. The smallest absolute Gasteiger partial charge is 0.159 e. The third kappa shape index (κ3) is 4.38. The predicted molar refractivity (Wildman–Crippen MR) is 186 cm³/mol. The molecule has 4 nitrogen and oxygen atoms in total. The highest BCUT2D eigenvalue weighted by atomic mass is 16.3. The molecule has 1 unspecified atom stereocenters. The Bertz CT molecular complexity index is 2460. The Balaban J connectivity index is 1.19. The third-order valence-corrected chi connectivity index (χ3v) is 8.71. The summed E-state index contributed by atoms with van der Waals surface area (Å²) in [5, 5.41) is 10.7. The van der Waals surface area contributed by atoms with Gasteiger partial charge in [0.1, 0.15) is 23.2 Å². The summed E-state index contributed by atoms with van der Waals surface area (Å²) in [4.78, 5) is 10.0. The second-order valence-electron chi connectivity index (χ2n) is 11.5. The van der Waals surface area contributed by atoms with Crippen LogP contribution in [0.15, 0.2) is 166 Å². The largest absolute Gasteiger partial charge is 0.456 e. The van der Waals surface area contributed by atoms with E-state index in [0.29, 0.717) is 5.84 Å². The van der Waals surface area contributed by atoms with Crippen molar-refractivity contribution in [3.8, 4) is 11.1 Å². The molecule has 1 aliphatic heterocycles. The van der Waals surface area contributed by atoms with Crippen LogP contribution < -0.4 is 5.32 Å². The molecule has 4 heteroatoms. The zero-order chi connectivity index (χ0) is 29.7. The Hall–Kier alpha value is -6.00. The highest BCUT2D eigenvalue weighted by Gasteiger charge is 2.22. The number of rotatable bonds is 4. The Morgan fingerprint density at radius 3 is 1.89 bits per heavy atom. The van der Waals surface area contributed by atoms with Gasteiger partial charge in [-0.3, -0.25) is 0 Å². The number of amidine groups is 2. The van der Waals surface area contributed by atoms with E-state index in [1.165, 1.54) is 27.1 Å². The van der Waals surface area contributed by atoms with E-state index in [2.05, 4.69) is 115 Å². The molecule has 0 spiro atoms. The molecule has 212 valence electrons. The van der Waals surface area contributed by atoms with Gasteiger partial charge in [0, 0.05) is 21.9 Å². The molecule has 0 saturated carbocycles. The van der Waals surface area contributed by atoms with E-state index in [4.69, 9.17) is 14.4 Å². The summed E-state index contributed by atoms with van der Waals surface area (Å²) in [5.74, 6) is 1.49. The zero-order valence-corrected chi connectivity index (χ0v) is 24.3. The number of hydrogen-bond acceptors (Lipinski definition) is 4. The summed E-state index contributed by atoms with van der Waals surface area (Å²) in [6, 6.07) is 52.9. The molecule has 0 saturated heterocycles. The van der Waals surface area contributed by atoms with E-state index >= 15 is 0 Å². The quantitative estimate of drug-likeness (QED) is 0.212. The number of fused-ring (bicyclic) bond motifs is 6. The molecule has 0 aliphatic carbocycles. The van der Waals surface area contributed by atoms with Gasteiger partial charge in [0.25, 0.3) is 0 Å². The van der Waals surface area contributed by atoms with Gasteiger partial charge in [0.2, 0.25) is 0 Å². The van der Waals surface area contributed by atoms with E-state index in [-0.39, 0.29) is 6.17 Å². The standard InChI is InChI=1S/C41H27N3O/c1-3-11-26(12-4-1)39-42-40(27-13-5-2-6-14-27)44-41(43-39)30-20-22-38-36(25-30)35-24-29(19-21-37(35)45-38)34-23-28-15-7-8-16-31(28)32-17-9-10-18-33(32)34/h1-25,39H,(H,42,43,44). The van der Waals surface area contributed by atoms with Gasteiger partial charge in [0.05, 0.1) is 0 Å². The highest BCUT2D eigenvalue weighted by molar-refractivity contribution is 6.17. The molecule has 9 rings (SSSR count). The number of nitrogens with zero attached hydrogens (tertiary/aromatic N) is 2. The lowest BCUT2D eigenvalue weighted by molar-refractivity contribution is 0.668. The molecule has 8 aromatic rings. The molecule has 0 bridgehead atoms. The first-order valence-corrected chi connectivity index (χ1v) is 15.2. The summed E-state index contributed by atoms with van der Waals surface area (Å²) >= 11 is 0. The van der Waals surface area contributed by atoms with Gasteiger partial charge in [-0.15, -0.1) is 0 Å². The molecular weight excluding hydrogens is 550 g/mol. The SMILES string of the molecule is c1ccc(C2=NC(c3ccccc3)NC(c3ccc4oc5ccc(-c6cc7ccccc7c7ccccc67)cc5c4c3)=N2)cc1. The first-order valence-electron chi connectivity index (χ1n) is 15.2. The minimum atomic E-state index is -0.251. The van der Waals surface area contributed by atoms with Gasteiger partial charge in [-0.05, 0) is 74.6 Å². The first-order chi connectivity index (χ1) is 22.3. The van der Waals surface area contributed by atoms with E-state index in [1.807, 2.05) is 42.5 Å². The number of benzene rings is 7. The lowest BCUT2D eigenvalue weighted by Crippen LogP contribution is -2.33. The van der Waals surface area contributed by atoms with E-state index in [9.17, 15) is 0 Å². The van der Waals surface area contributed by atoms with Crippen LogP contribution in [-0.2, 0) is 0 Å². The summed E-state index contributed by atoms with van der Waals surface area (Å²) in [5.41, 5.74) is 7.14. The maximum atomic E-state index is 6.34. The van der Waals surface area contributed by atoms with E-state index < -0.39 is 0 Å². The van der Waals surface area contributed by atoms with Crippen LogP contribution in [0.4, 0.5) is 0 Å². The van der Waals surface area contributed by atoms with Crippen LogP contribution in [0.2, 0.25) is 0 Å². The summed E-state index contributed by atoms with van der Waals surface area (Å²) in [6.45, 7) is 0. The van der Waals surface area contributed by atoms with Crippen molar-refractivity contribution in [2.75, 3.05) is 0 Å². The Morgan fingerprint density at radius 2 is 1.11 bits per heavy atom.